The fourth-order valence-electron chi connectivity index (χ4n) is 1.96. The molecule has 4 heteroatoms. The van der Waals surface area contributed by atoms with Crippen molar-refractivity contribution in [3.63, 3.8) is 0 Å². The first kappa shape index (κ1) is 11.9. The van der Waals surface area contributed by atoms with Crippen LogP contribution in [0.2, 0.25) is 0 Å². The highest BCUT2D eigenvalue weighted by Crippen LogP contribution is 2.29. The average Bonchev–Trinajstić information content (AvgIpc) is 2.65. The van der Waals surface area contributed by atoms with E-state index in [0.717, 1.165) is 22.3 Å². The number of benzene rings is 1. The highest BCUT2D eigenvalue weighted by molar-refractivity contribution is 5.84. The van der Waals surface area contributed by atoms with E-state index >= 15 is 0 Å². The fraction of sp³-hybridized carbons (Fsp3) is 0.462. The minimum atomic E-state index is -0.0502. The van der Waals surface area contributed by atoms with Crippen molar-refractivity contribution < 1.29 is 4.74 Å². The van der Waals surface area contributed by atoms with Gasteiger partial charge in [0.1, 0.15) is 5.75 Å². The maximum Gasteiger partial charge on any atom is 0.119 e. The van der Waals surface area contributed by atoms with Gasteiger partial charge in [0.15, 0.2) is 0 Å². The standard InChI is InChI=1S/C13H19N3O/c1-8(2)12(14)13-10-7-9(17-4)5-6-11(10)16(3)15-13/h5-8,12H,14H2,1-4H3. The number of fused-ring (bicyclic) bond motifs is 1. The lowest BCUT2D eigenvalue weighted by Crippen LogP contribution is -2.17. The van der Waals surface area contributed by atoms with Gasteiger partial charge in [0.25, 0.3) is 0 Å². The summed E-state index contributed by atoms with van der Waals surface area (Å²) in [6.45, 7) is 4.21. The Kier molecular flexibility index (Phi) is 3.07. The van der Waals surface area contributed by atoms with Gasteiger partial charge >= 0.3 is 0 Å². The van der Waals surface area contributed by atoms with E-state index in [2.05, 4.69) is 18.9 Å². The Morgan fingerprint density at radius 3 is 2.65 bits per heavy atom. The Bertz CT molecular complexity index is 531. The van der Waals surface area contributed by atoms with Crippen molar-refractivity contribution in [1.29, 1.82) is 0 Å². The maximum absolute atomic E-state index is 6.19. The second-order valence-electron chi connectivity index (χ2n) is 4.66. The zero-order chi connectivity index (χ0) is 12.6. The molecule has 0 aliphatic heterocycles. The number of aromatic nitrogens is 2. The van der Waals surface area contributed by atoms with E-state index < -0.39 is 0 Å². The molecule has 92 valence electrons. The number of aryl methyl sites for hydroxylation is 1. The Hall–Kier alpha value is -1.55. The maximum atomic E-state index is 6.19. The number of hydrogen-bond acceptors (Lipinski definition) is 3. The molecule has 1 heterocycles. The fourth-order valence-corrected chi connectivity index (χ4v) is 1.96. The highest BCUT2D eigenvalue weighted by atomic mass is 16.5. The molecular formula is C13H19N3O. The smallest absolute Gasteiger partial charge is 0.119 e. The van der Waals surface area contributed by atoms with E-state index in [4.69, 9.17) is 10.5 Å². The molecule has 0 saturated carbocycles. The second-order valence-corrected chi connectivity index (χ2v) is 4.66. The van der Waals surface area contributed by atoms with Gasteiger partial charge < -0.3 is 10.5 Å². The summed E-state index contributed by atoms with van der Waals surface area (Å²) in [7, 11) is 3.60. The molecule has 2 rings (SSSR count). The van der Waals surface area contributed by atoms with Crippen LogP contribution in [0.15, 0.2) is 18.2 Å². The monoisotopic (exact) mass is 233 g/mol. The SMILES string of the molecule is COc1ccc2c(c1)c(C(N)C(C)C)nn2C. The van der Waals surface area contributed by atoms with Crippen LogP contribution < -0.4 is 10.5 Å². The van der Waals surface area contributed by atoms with Gasteiger partial charge in [-0.15, -0.1) is 0 Å². The van der Waals surface area contributed by atoms with Crippen molar-refractivity contribution >= 4 is 10.9 Å². The molecule has 1 aromatic heterocycles. The van der Waals surface area contributed by atoms with Gasteiger partial charge in [0.2, 0.25) is 0 Å². The zero-order valence-corrected chi connectivity index (χ0v) is 10.8. The third-order valence-corrected chi connectivity index (χ3v) is 3.12. The van der Waals surface area contributed by atoms with Gasteiger partial charge in [-0.05, 0) is 24.1 Å². The summed E-state index contributed by atoms with van der Waals surface area (Å²) >= 11 is 0. The Morgan fingerprint density at radius 1 is 1.35 bits per heavy atom. The summed E-state index contributed by atoms with van der Waals surface area (Å²) in [5, 5.41) is 5.60. The van der Waals surface area contributed by atoms with Crippen molar-refractivity contribution in [1.82, 2.24) is 9.78 Å². The summed E-state index contributed by atoms with van der Waals surface area (Å²) in [4.78, 5) is 0. The first-order valence-electron chi connectivity index (χ1n) is 5.80. The van der Waals surface area contributed by atoms with E-state index in [0.29, 0.717) is 5.92 Å². The minimum absolute atomic E-state index is 0.0502. The topological polar surface area (TPSA) is 53.1 Å². The zero-order valence-electron chi connectivity index (χ0n) is 10.8. The van der Waals surface area contributed by atoms with Crippen LogP contribution in [0.5, 0.6) is 5.75 Å². The van der Waals surface area contributed by atoms with Crippen molar-refractivity contribution in [3.05, 3.63) is 23.9 Å². The molecule has 1 atom stereocenters. The first-order valence-corrected chi connectivity index (χ1v) is 5.80. The van der Waals surface area contributed by atoms with Crippen molar-refractivity contribution in [3.8, 4) is 5.75 Å². The first-order chi connectivity index (χ1) is 8.04. The van der Waals surface area contributed by atoms with Crippen LogP contribution >= 0.6 is 0 Å². The lowest BCUT2D eigenvalue weighted by Gasteiger charge is -2.13. The second kappa shape index (κ2) is 4.37. The molecule has 0 spiro atoms. The quantitative estimate of drug-likeness (QED) is 0.884. The molecule has 0 radical (unpaired) electrons. The normalized spacial score (nSPS) is 13.3. The lowest BCUT2D eigenvalue weighted by molar-refractivity contribution is 0.415. The molecule has 0 saturated heterocycles. The Morgan fingerprint density at radius 2 is 2.06 bits per heavy atom. The molecule has 0 amide bonds. The van der Waals surface area contributed by atoms with Gasteiger partial charge in [-0.3, -0.25) is 4.68 Å². The van der Waals surface area contributed by atoms with Crippen LogP contribution in [0, 0.1) is 5.92 Å². The van der Waals surface area contributed by atoms with Gasteiger partial charge in [-0.1, -0.05) is 13.8 Å². The van der Waals surface area contributed by atoms with Gasteiger partial charge in [0.05, 0.1) is 24.4 Å². The van der Waals surface area contributed by atoms with E-state index in [-0.39, 0.29) is 6.04 Å². The van der Waals surface area contributed by atoms with E-state index in [1.54, 1.807) is 7.11 Å². The Balaban J connectivity index is 2.63. The predicted octanol–water partition coefficient (Wildman–Crippen LogP) is 2.24. The summed E-state index contributed by atoms with van der Waals surface area (Å²) < 4.78 is 7.12. The number of nitrogens with two attached hydrogens (primary N) is 1. The molecule has 0 aliphatic rings. The third-order valence-electron chi connectivity index (χ3n) is 3.12. The van der Waals surface area contributed by atoms with Crippen LogP contribution in [0.3, 0.4) is 0 Å². The van der Waals surface area contributed by atoms with Crippen LogP contribution in [0.25, 0.3) is 10.9 Å². The lowest BCUT2D eigenvalue weighted by atomic mass is 9.99. The van der Waals surface area contributed by atoms with Gasteiger partial charge in [-0.25, -0.2) is 0 Å². The molecule has 1 aromatic carbocycles. The molecule has 17 heavy (non-hydrogen) atoms. The van der Waals surface area contributed by atoms with Crippen LogP contribution in [0.1, 0.15) is 25.6 Å². The average molecular weight is 233 g/mol. The molecule has 2 aromatic rings. The summed E-state index contributed by atoms with van der Waals surface area (Å²) in [6, 6.07) is 5.90. The Labute approximate surface area is 101 Å². The molecule has 0 aliphatic carbocycles. The number of methoxy groups -OCH3 is 1. The number of ether oxygens (including phenoxy) is 1. The summed E-state index contributed by atoms with van der Waals surface area (Å²) in [5.41, 5.74) is 8.21. The molecule has 1 unspecified atom stereocenters. The number of nitrogens with zero attached hydrogens (tertiary/aromatic N) is 2. The van der Waals surface area contributed by atoms with Gasteiger partial charge in [0, 0.05) is 12.4 Å². The number of rotatable bonds is 3. The molecule has 4 nitrogen and oxygen atoms in total. The molecule has 2 N–H and O–H groups in total. The highest BCUT2D eigenvalue weighted by Gasteiger charge is 2.18. The van der Waals surface area contributed by atoms with Crippen molar-refractivity contribution in [2.75, 3.05) is 7.11 Å². The molecular weight excluding hydrogens is 214 g/mol. The number of hydrogen-bond donors (Lipinski definition) is 1. The minimum Gasteiger partial charge on any atom is -0.497 e. The largest absolute Gasteiger partial charge is 0.497 e. The van der Waals surface area contributed by atoms with E-state index in [1.807, 2.05) is 29.9 Å². The molecule has 0 bridgehead atoms. The molecule has 0 fully saturated rings. The van der Waals surface area contributed by atoms with Crippen LogP contribution in [0.4, 0.5) is 0 Å². The summed E-state index contributed by atoms with van der Waals surface area (Å²) in [6.07, 6.45) is 0. The summed E-state index contributed by atoms with van der Waals surface area (Å²) in [5.74, 6) is 1.20. The van der Waals surface area contributed by atoms with E-state index in [9.17, 15) is 0 Å². The third kappa shape index (κ3) is 2.00. The van der Waals surface area contributed by atoms with Crippen LogP contribution in [-0.2, 0) is 7.05 Å². The van der Waals surface area contributed by atoms with Crippen molar-refractivity contribution in [2.45, 2.75) is 19.9 Å². The predicted molar refractivity (Wildman–Crippen MR) is 69.0 cm³/mol. The van der Waals surface area contributed by atoms with E-state index in [1.165, 1.54) is 0 Å². The van der Waals surface area contributed by atoms with Crippen LogP contribution in [-0.4, -0.2) is 16.9 Å². The van der Waals surface area contributed by atoms with Crippen molar-refractivity contribution in [2.24, 2.45) is 18.7 Å². The van der Waals surface area contributed by atoms with Gasteiger partial charge in [-0.2, -0.15) is 5.10 Å².